The molecule has 1 aromatic carbocycles. The van der Waals surface area contributed by atoms with E-state index in [9.17, 15) is 0 Å². The Morgan fingerprint density at radius 2 is 2.18 bits per heavy atom. The summed E-state index contributed by atoms with van der Waals surface area (Å²) in [7, 11) is 0. The monoisotopic (exact) mass is 229 g/mol. The summed E-state index contributed by atoms with van der Waals surface area (Å²) in [6, 6.07) is 6.30. The van der Waals surface area contributed by atoms with Crippen molar-refractivity contribution in [2.45, 2.75) is 32.2 Å². The zero-order chi connectivity index (χ0) is 11.8. The van der Waals surface area contributed by atoms with E-state index in [2.05, 4.69) is 22.4 Å². The van der Waals surface area contributed by atoms with Crippen molar-refractivity contribution < 1.29 is 0 Å². The number of nitrogen functional groups attached to an aromatic ring is 1. The summed E-state index contributed by atoms with van der Waals surface area (Å²) in [5.41, 5.74) is 8.75. The molecule has 1 heterocycles. The zero-order valence-electron chi connectivity index (χ0n) is 9.80. The number of rotatable bonds is 2. The van der Waals surface area contributed by atoms with Gasteiger partial charge in [0.25, 0.3) is 0 Å². The Kier molecular flexibility index (Phi) is 2.31. The van der Waals surface area contributed by atoms with Crippen LogP contribution in [0, 0.1) is 6.92 Å². The molecule has 0 radical (unpaired) electrons. The van der Waals surface area contributed by atoms with E-state index in [1.165, 1.54) is 19.3 Å². The van der Waals surface area contributed by atoms with Crippen molar-refractivity contribution in [1.29, 1.82) is 0 Å². The summed E-state index contributed by atoms with van der Waals surface area (Å²) in [6.45, 7) is 2.05. The molecule has 1 fully saturated rings. The van der Waals surface area contributed by atoms with Gasteiger partial charge in [0.15, 0.2) is 5.82 Å². The van der Waals surface area contributed by atoms with Crippen LogP contribution in [0.4, 0.5) is 5.69 Å². The van der Waals surface area contributed by atoms with Gasteiger partial charge in [0.2, 0.25) is 0 Å². The van der Waals surface area contributed by atoms with Crippen molar-refractivity contribution in [3.05, 3.63) is 23.8 Å². The maximum atomic E-state index is 5.83. The number of aryl methyl sites for hydroxylation is 1. The number of anilines is 1. The van der Waals surface area contributed by atoms with Crippen LogP contribution in [-0.4, -0.2) is 20.2 Å². The van der Waals surface area contributed by atoms with Crippen LogP contribution in [0.3, 0.4) is 0 Å². The fourth-order valence-electron chi connectivity index (χ4n) is 2.13. The Hall–Kier alpha value is -1.91. The molecule has 88 valence electrons. The first-order valence-corrected chi connectivity index (χ1v) is 5.90. The van der Waals surface area contributed by atoms with Gasteiger partial charge < -0.3 is 5.73 Å². The van der Waals surface area contributed by atoms with Crippen molar-refractivity contribution in [3.8, 4) is 11.4 Å². The van der Waals surface area contributed by atoms with Crippen LogP contribution in [-0.2, 0) is 0 Å². The minimum absolute atomic E-state index is 0.459. The lowest BCUT2D eigenvalue weighted by Gasteiger charge is -2.26. The molecule has 0 spiro atoms. The second-order valence-electron chi connectivity index (χ2n) is 4.61. The SMILES string of the molecule is Cc1ccc(N)cc1-c1nnnn1C1CCC1. The van der Waals surface area contributed by atoms with E-state index >= 15 is 0 Å². The van der Waals surface area contributed by atoms with Gasteiger partial charge in [0.1, 0.15) is 0 Å². The summed E-state index contributed by atoms with van der Waals surface area (Å²) in [5.74, 6) is 0.833. The zero-order valence-corrected chi connectivity index (χ0v) is 9.80. The van der Waals surface area contributed by atoms with Crippen molar-refractivity contribution in [1.82, 2.24) is 20.2 Å². The van der Waals surface area contributed by atoms with Gasteiger partial charge in [-0.2, -0.15) is 0 Å². The first-order chi connectivity index (χ1) is 8.25. The third-order valence-corrected chi connectivity index (χ3v) is 3.42. The fourth-order valence-corrected chi connectivity index (χ4v) is 2.13. The number of hydrogen-bond acceptors (Lipinski definition) is 4. The molecular formula is C12H15N5. The van der Waals surface area contributed by atoms with Gasteiger partial charge in [0, 0.05) is 11.3 Å². The van der Waals surface area contributed by atoms with Gasteiger partial charge in [-0.15, -0.1) is 5.10 Å². The summed E-state index contributed by atoms with van der Waals surface area (Å²) in [6.07, 6.45) is 3.60. The second-order valence-corrected chi connectivity index (χ2v) is 4.61. The molecule has 2 aromatic rings. The summed E-state index contributed by atoms with van der Waals surface area (Å²) < 4.78 is 1.94. The molecule has 1 aliphatic rings. The lowest BCUT2D eigenvalue weighted by atomic mass is 9.93. The van der Waals surface area contributed by atoms with Crippen molar-refractivity contribution in [3.63, 3.8) is 0 Å². The highest BCUT2D eigenvalue weighted by molar-refractivity contribution is 5.65. The molecule has 1 aliphatic carbocycles. The van der Waals surface area contributed by atoms with Gasteiger partial charge >= 0.3 is 0 Å². The molecule has 17 heavy (non-hydrogen) atoms. The second kappa shape index (κ2) is 3.84. The minimum Gasteiger partial charge on any atom is -0.399 e. The summed E-state index contributed by atoms with van der Waals surface area (Å²) in [5, 5.41) is 12.0. The molecule has 5 heteroatoms. The van der Waals surface area contributed by atoms with Crippen molar-refractivity contribution >= 4 is 5.69 Å². The molecule has 3 rings (SSSR count). The molecule has 0 saturated heterocycles. The maximum absolute atomic E-state index is 5.83. The molecular weight excluding hydrogens is 214 g/mol. The molecule has 1 aromatic heterocycles. The number of aromatic nitrogens is 4. The summed E-state index contributed by atoms with van der Waals surface area (Å²) in [4.78, 5) is 0. The quantitative estimate of drug-likeness (QED) is 0.799. The molecule has 0 aliphatic heterocycles. The highest BCUT2D eigenvalue weighted by Gasteiger charge is 2.24. The topological polar surface area (TPSA) is 69.6 Å². The smallest absolute Gasteiger partial charge is 0.182 e. The highest BCUT2D eigenvalue weighted by Crippen LogP contribution is 2.34. The largest absolute Gasteiger partial charge is 0.399 e. The Balaban J connectivity index is 2.08. The Morgan fingerprint density at radius 1 is 1.35 bits per heavy atom. The van der Waals surface area contributed by atoms with Crippen LogP contribution >= 0.6 is 0 Å². The van der Waals surface area contributed by atoms with Gasteiger partial charge in [-0.3, -0.25) is 0 Å². The molecule has 0 bridgehead atoms. The van der Waals surface area contributed by atoms with E-state index in [4.69, 9.17) is 5.73 Å². The van der Waals surface area contributed by atoms with Crippen LogP contribution in [0.2, 0.25) is 0 Å². The fraction of sp³-hybridized carbons (Fsp3) is 0.417. The third-order valence-electron chi connectivity index (χ3n) is 3.42. The lowest BCUT2D eigenvalue weighted by Crippen LogP contribution is -2.19. The molecule has 2 N–H and O–H groups in total. The van der Waals surface area contributed by atoms with Gasteiger partial charge in [-0.05, 0) is 54.3 Å². The van der Waals surface area contributed by atoms with Crippen LogP contribution in [0.1, 0.15) is 30.9 Å². The highest BCUT2D eigenvalue weighted by atomic mass is 15.6. The number of tetrazole rings is 1. The molecule has 1 saturated carbocycles. The van der Waals surface area contributed by atoms with E-state index in [1.54, 1.807) is 0 Å². The molecule has 0 atom stereocenters. The Morgan fingerprint density at radius 3 is 2.88 bits per heavy atom. The maximum Gasteiger partial charge on any atom is 0.182 e. The molecule has 0 unspecified atom stereocenters. The van der Waals surface area contributed by atoms with Gasteiger partial charge in [-0.1, -0.05) is 6.07 Å². The van der Waals surface area contributed by atoms with Crippen LogP contribution < -0.4 is 5.73 Å². The van der Waals surface area contributed by atoms with Gasteiger partial charge in [-0.25, -0.2) is 4.68 Å². The predicted molar refractivity (Wildman–Crippen MR) is 65.3 cm³/mol. The van der Waals surface area contributed by atoms with Crippen LogP contribution in [0.5, 0.6) is 0 Å². The van der Waals surface area contributed by atoms with Crippen LogP contribution in [0.25, 0.3) is 11.4 Å². The normalized spacial score (nSPS) is 15.8. The minimum atomic E-state index is 0.459. The number of hydrogen-bond donors (Lipinski definition) is 1. The van der Waals surface area contributed by atoms with Crippen LogP contribution in [0.15, 0.2) is 18.2 Å². The number of nitrogens with two attached hydrogens (primary N) is 1. The Labute approximate surface area is 99.6 Å². The first-order valence-electron chi connectivity index (χ1n) is 5.90. The molecule has 0 amide bonds. The third kappa shape index (κ3) is 1.67. The standard InChI is InChI=1S/C12H15N5/c1-8-5-6-9(13)7-11(8)12-14-15-16-17(12)10-3-2-4-10/h5-7,10H,2-4,13H2,1H3. The number of nitrogens with zero attached hydrogens (tertiary/aromatic N) is 4. The van der Waals surface area contributed by atoms with Crippen molar-refractivity contribution in [2.75, 3.05) is 5.73 Å². The van der Waals surface area contributed by atoms with E-state index in [-0.39, 0.29) is 0 Å². The van der Waals surface area contributed by atoms with E-state index in [0.29, 0.717) is 6.04 Å². The average Bonchev–Trinajstić information content (AvgIpc) is 2.68. The Bertz CT molecular complexity index is 542. The van der Waals surface area contributed by atoms with E-state index in [1.807, 2.05) is 22.9 Å². The van der Waals surface area contributed by atoms with Crippen molar-refractivity contribution in [2.24, 2.45) is 0 Å². The number of benzene rings is 1. The average molecular weight is 229 g/mol. The van der Waals surface area contributed by atoms with E-state index < -0.39 is 0 Å². The summed E-state index contributed by atoms with van der Waals surface area (Å²) >= 11 is 0. The predicted octanol–water partition coefficient (Wildman–Crippen LogP) is 1.96. The van der Waals surface area contributed by atoms with E-state index in [0.717, 1.165) is 22.6 Å². The van der Waals surface area contributed by atoms with Gasteiger partial charge in [0.05, 0.1) is 6.04 Å². The first kappa shape index (κ1) is 10.3. The molecule has 5 nitrogen and oxygen atoms in total. The lowest BCUT2D eigenvalue weighted by molar-refractivity contribution is 0.287.